The fourth-order valence-electron chi connectivity index (χ4n) is 3.43. The van der Waals surface area contributed by atoms with Crippen LogP contribution in [0.15, 0.2) is 57.7 Å². The third-order valence-electron chi connectivity index (χ3n) is 4.56. The molecule has 1 aliphatic rings. The minimum atomic E-state index is -0.366. The topological polar surface area (TPSA) is 54.9 Å². The fraction of sp³-hybridized carbons (Fsp3) is 0.211. The number of phenolic OH excluding ortho intramolecular Hbond substituents is 1. The van der Waals surface area contributed by atoms with Crippen LogP contribution in [0, 0.1) is 0 Å². The van der Waals surface area contributed by atoms with Crippen molar-refractivity contribution in [3.63, 3.8) is 0 Å². The normalized spacial score (nSPS) is 17.1. The van der Waals surface area contributed by atoms with E-state index in [2.05, 4.69) is 24.3 Å². The van der Waals surface area contributed by atoms with Crippen LogP contribution >= 0.6 is 0 Å². The van der Waals surface area contributed by atoms with Gasteiger partial charge in [0.15, 0.2) is 0 Å². The second-order valence-electron chi connectivity index (χ2n) is 6.14. The molecular formula is C19H18NO3+. The predicted molar refractivity (Wildman–Crippen MR) is 87.5 cm³/mol. The molecule has 0 saturated carbocycles. The van der Waals surface area contributed by atoms with Gasteiger partial charge in [-0.05, 0) is 17.7 Å². The van der Waals surface area contributed by atoms with E-state index in [1.165, 1.54) is 22.1 Å². The lowest BCUT2D eigenvalue weighted by Gasteiger charge is -2.26. The van der Waals surface area contributed by atoms with Crippen molar-refractivity contribution in [2.45, 2.75) is 19.5 Å². The highest BCUT2D eigenvalue weighted by Crippen LogP contribution is 2.21. The zero-order valence-electron chi connectivity index (χ0n) is 12.7. The van der Waals surface area contributed by atoms with E-state index < -0.39 is 0 Å². The van der Waals surface area contributed by atoms with Gasteiger partial charge >= 0.3 is 5.63 Å². The summed E-state index contributed by atoms with van der Waals surface area (Å²) in [7, 11) is 0. The number of benzene rings is 2. The molecule has 0 spiro atoms. The maximum Gasteiger partial charge on any atom is 0.336 e. The molecule has 0 fully saturated rings. The van der Waals surface area contributed by atoms with E-state index in [-0.39, 0.29) is 11.4 Å². The molecule has 2 N–H and O–H groups in total. The highest BCUT2D eigenvalue weighted by Gasteiger charge is 2.20. The third-order valence-corrected chi connectivity index (χ3v) is 4.56. The number of hydrogen-bond acceptors (Lipinski definition) is 3. The summed E-state index contributed by atoms with van der Waals surface area (Å²) in [4.78, 5) is 13.2. The van der Waals surface area contributed by atoms with Gasteiger partial charge in [0.1, 0.15) is 24.4 Å². The molecule has 1 aromatic heterocycles. The quantitative estimate of drug-likeness (QED) is 0.708. The predicted octanol–water partition coefficient (Wildman–Crippen LogP) is 1.64. The Hall–Kier alpha value is -2.59. The molecule has 2 aromatic carbocycles. The lowest BCUT2D eigenvalue weighted by atomic mass is 9.99. The molecule has 1 aliphatic heterocycles. The van der Waals surface area contributed by atoms with E-state index in [9.17, 15) is 9.90 Å². The smallest absolute Gasteiger partial charge is 0.336 e. The van der Waals surface area contributed by atoms with Crippen molar-refractivity contribution in [1.29, 1.82) is 0 Å². The number of fused-ring (bicyclic) bond motifs is 2. The number of quaternary nitrogens is 1. The Morgan fingerprint density at radius 2 is 1.91 bits per heavy atom. The highest BCUT2D eigenvalue weighted by atomic mass is 16.4. The molecule has 4 heteroatoms. The van der Waals surface area contributed by atoms with Crippen molar-refractivity contribution in [3.8, 4) is 5.75 Å². The average molecular weight is 308 g/mol. The first kappa shape index (κ1) is 14.0. The van der Waals surface area contributed by atoms with E-state index in [0.29, 0.717) is 5.58 Å². The molecular weight excluding hydrogens is 290 g/mol. The zero-order valence-corrected chi connectivity index (χ0v) is 12.7. The molecule has 0 aliphatic carbocycles. The Labute approximate surface area is 133 Å². The molecule has 3 aromatic rings. The van der Waals surface area contributed by atoms with Crippen molar-refractivity contribution in [1.82, 2.24) is 0 Å². The van der Waals surface area contributed by atoms with Gasteiger partial charge in [0.2, 0.25) is 0 Å². The van der Waals surface area contributed by atoms with Gasteiger partial charge in [0.05, 0.1) is 6.54 Å². The summed E-state index contributed by atoms with van der Waals surface area (Å²) >= 11 is 0. The Morgan fingerprint density at radius 1 is 1.09 bits per heavy atom. The molecule has 4 rings (SSSR count). The number of aromatic hydroxyl groups is 1. The van der Waals surface area contributed by atoms with Crippen molar-refractivity contribution < 1.29 is 14.4 Å². The first-order chi connectivity index (χ1) is 11.2. The molecule has 1 unspecified atom stereocenters. The Bertz CT molecular complexity index is 929. The summed E-state index contributed by atoms with van der Waals surface area (Å²) in [6.07, 6.45) is 1.06. The SMILES string of the molecule is O=c1cc(C[NH+]2CCc3ccccc3C2)c2ccc(O)cc2o1. The largest absolute Gasteiger partial charge is 0.508 e. The number of rotatable bonds is 2. The number of nitrogens with one attached hydrogen (secondary N) is 1. The minimum absolute atomic E-state index is 0.108. The average Bonchev–Trinajstić information content (AvgIpc) is 2.54. The standard InChI is InChI=1S/C19H17NO3/c21-16-5-6-17-15(9-19(22)23-18(17)10-16)12-20-8-7-13-3-1-2-4-14(13)11-20/h1-6,9-10,21H,7-8,11-12H2/p+1. The molecule has 2 heterocycles. The van der Waals surface area contributed by atoms with E-state index in [4.69, 9.17) is 4.42 Å². The zero-order chi connectivity index (χ0) is 15.8. The van der Waals surface area contributed by atoms with Crippen LogP contribution in [0.3, 0.4) is 0 Å². The van der Waals surface area contributed by atoms with E-state index in [1.54, 1.807) is 12.1 Å². The van der Waals surface area contributed by atoms with Gasteiger partial charge in [0.25, 0.3) is 0 Å². The summed E-state index contributed by atoms with van der Waals surface area (Å²) in [5, 5.41) is 10.5. The summed E-state index contributed by atoms with van der Waals surface area (Å²) in [5.41, 5.74) is 3.88. The minimum Gasteiger partial charge on any atom is -0.508 e. The van der Waals surface area contributed by atoms with Crippen LogP contribution in [-0.4, -0.2) is 11.7 Å². The van der Waals surface area contributed by atoms with Crippen molar-refractivity contribution >= 4 is 11.0 Å². The lowest BCUT2D eigenvalue weighted by Crippen LogP contribution is -3.10. The van der Waals surface area contributed by atoms with Crippen LogP contribution in [0.1, 0.15) is 16.7 Å². The second kappa shape index (κ2) is 5.56. The second-order valence-corrected chi connectivity index (χ2v) is 6.14. The van der Waals surface area contributed by atoms with Gasteiger partial charge in [-0.15, -0.1) is 0 Å². The molecule has 0 radical (unpaired) electrons. The molecule has 4 nitrogen and oxygen atoms in total. The Morgan fingerprint density at radius 3 is 2.78 bits per heavy atom. The van der Waals surface area contributed by atoms with Crippen LogP contribution in [0.25, 0.3) is 11.0 Å². The summed E-state index contributed by atoms with van der Waals surface area (Å²) in [6, 6.07) is 15.1. The summed E-state index contributed by atoms with van der Waals surface area (Å²) in [5.74, 6) is 0.108. The highest BCUT2D eigenvalue weighted by molar-refractivity contribution is 5.81. The summed E-state index contributed by atoms with van der Waals surface area (Å²) in [6.45, 7) is 2.80. The van der Waals surface area contributed by atoms with Crippen molar-refractivity contribution in [3.05, 3.63) is 75.6 Å². The number of phenols is 1. The van der Waals surface area contributed by atoms with Gasteiger partial charge in [-0.1, -0.05) is 24.3 Å². The summed E-state index contributed by atoms with van der Waals surface area (Å²) < 4.78 is 5.20. The van der Waals surface area contributed by atoms with Gasteiger partial charge in [-0.3, -0.25) is 0 Å². The molecule has 0 amide bonds. The molecule has 1 atom stereocenters. The molecule has 116 valence electrons. The molecule has 23 heavy (non-hydrogen) atoms. The van der Waals surface area contributed by atoms with Crippen LogP contribution in [0.5, 0.6) is 5.75 Å². The van der Waals surface area contributed by atoms with E-state index >= 15 is 0 Å². The lowest BCUT2D eigenvalue weighted by molar-refractivity contribution is -0.929. The maximum atomic E-state index is 11.8. The van der Waals surface area contributed by atoms with Crippen LogP contribution in [0.2, 0.25) is 0 Å². The van der Waals surface area contributed by atoms with Crippen molar-refractivity contribution in [2.24, 2.45) is 0 Å². The van der Waals surface area contributed by atoms with Gasteiger partial charge in [-0.2, -0.15) is 0 Å². The third kappa shape index (κ3) is 2.73. The van der Waals surface area contributed by atoms with Crippen molar-refractivity contribution in [2.75, 3.05) is 6.54 Å². The van der Waals surface area contributed by atoms with Gasteiger partial charge in [0, 0.05) is 35.1 Å². The molecule has 0 saturated heterocycles. The monoisotopic (exact) mass is 308 g/mol. The van der Waals surface area contributed by atoms with E-state index in [1.807, 2.05) is 6.07 Å². The Balaban J connectivity index is 1.67. The Kier molecular flexibility index (Phi) is 3.39. The fourth-order valence-corrected chi connectivity index (χ4v) is 3.43. The van der Waals surface area contributed by atoms with Crippen LogP contribution in [0.4, 0.5) is 0 Å². The number of hydrogen-bond donors (Lipinski definition) is 2. The van der Waals surface area contributed by atoms with Gasteiger partial charge < -0.3 is 14.4 Å². The maximum absolute atomic E-state index is 11.8. The first-order valence-electron chi connectivity index (χ1n) is 7.85. The van der Waals surface area contributed by atoms with E-state index in [0.717, 1.165) is 37.0 Å². The van der Waals surface area contributed by atoms with Gasteiger partial charge in [-0.25, -0.2) is 4.79 Å². The first-order valence-corrected chi connectivity index (χ1v) is 7.85. The van der Waals surface area contributed by atoms with Crippen LogP contribution < -0.4 is 10.5 Å². The van der Waals surface area contributed by atoms with Crippen LogP contribution in [-0.2, 0) is 19.5 Å². The molecule has 0 bridgehead atoms.